The van der Waals surface area contributed by atoms with Crippen molar-refractivity contribution in [3.63, 3.8) is 0 Å². The van der Waals surface area contributed by atoms with Gasteiger partial charge in [0.25, 0.3) is 0 Å². The average molecular weight is 1260 g/mol. The van der Waals surface area contributed by atoms with Crippen LogP contribution in [0, 0.1) is 55.4 Å². The van der Waals surface area contributed by atoms with Crippen molar-refractivity contribution in [2.45, 2.75) is 60.8 Å². The molecule has 0 saturated carbocycles. The molecule has 0 heterocycles. The van der Waals surface area contributed by atoms with Crippen LogP contribution in [-0.2, 0) is 5.41 Å². The highest BCUT2D eigenvalue weighted by Gasteiger charge is 2.48. The Morgan fingerprint density at radius 3 is 0.621 bits per heavy atom. The summed E-state index contributed by atoms with van der Waals surface area (Å²) in [5, 5.41) is 0. The summed E-state index contributed by atoms with van der Waals surface area (Å²) in [6.45, 7) is 17.5. The first-order valence-corrected chi connectivity index (χ1v) is 31.4. The van der Waals surface area contributed by atoms with Crippen molar-refractivity contribution in [1.29, 1.82) is 0 Å². The van der Waals surface area contributed by atoms with Gasteiger partial charge in [0.2, 0.25) is 0 Å². The molecule has 0 amide bonds. The highest BCUT2D eigenvalue weighted by molar-refractivity contribution is 9.10. The van der Waals surface area contributed by atoms with E-state index in [1.807, 2.05) is 0 Å². The molecule has 6 heteroatoms. The van der Waals surface area contributed by atoms with E-state index in [2.05, 4.69) is 374 Å². The second kappa shape index (κ2) is 23.6. The number of hydrogen-bond acceptors (Lipinski definition) is 4. The first kappa shape index (κ1) is 56.9. The Morgan fingerprint density at radius 2 is 0.425 bits per heavy atom. The van der Waals surface area contributed by atoms with Gasteiger partial charge in [-0.25, -0.2) is 0 Å². The maximum absolute atomic E-state index is 4.13. The van der Waals surface area contributed by atoms with Crippen LogP contribution in [0.4, 0.5) is 68.2 Å². The maximum atomic E-state index is 4.13. The van der Waals surface area contributed by atoms with Crippen LogP contribution in [0.5, 0.6) is 0 Å². The van der Waals surface area contributed by atoms with Crippen molar-refractivity contribution in [2.24, 2.45) is 0 Å². The lowest BCUT2D eigenvalue weighted by Crippen LogP contribution is -2.30. The van der Waals surface area contributed by atoms with E-state index in [-0.39, 0.29) is 0 Å². The van der Waals surface area contributed by atoms with E-state index in [9.17, 15) is 0 Å². The molecule has 12 aromatic carbocycles. The third kappa shape index (κ3) is 11.1. The van der Waals surface area contributed by atoms with Gasteiger partial charge in [0.1, 0.15) is 0 Å². The molecule has 0 radical (unpaired) electrons. The predicted octanol–water partition coefficient (Wildman–Crippen LogP) is 23.9. The van der Waals surface area contributed by atoms with Gasteiger partial charge in [-0.1, -0.05) is 141 Å². The Kier molecular flexibility index (Phi) is 15.4. The summed E-state index contributed by atoms with van der Waals surface area (Å²) in [7, 11) is 0. The number of hydrogen-bond donors (Lipinski definition) is 0. The summed E-state index contributed by atoms with van der Waals surface area (Å²) >= 11 is 8.26. The van der Waals surface area contributed by atoms with Crippen LogP contribution >= 0.6 is 31.9 Å². The first-order valence-electron chi connectivity index (χ1n) is 29.8. The highest BCUT2D eigenvalue weighted by atomic mass is 79.9. The van der Waals surface area contributed by atoms with Crippen molar-refractivity contribution >= 4 is 100 Å². The Balaban J connectivity index is 1.24. The fraction of sp³-hybridized carbons (Fsp3) is 0.111. The van der Waals surface area contributed by atoms with Gasteiger partial charge >= 0.3 is 0 Å². The normalized spacial score (nSPS) is 12.1. The number of nitrogens with zero attached hydrogens (tertiary/aromatic N) is 4. The van der Waals surface area contributed by atoms with Gasteiger partial charge in [-0.15, -0.1) is 0 Å². The molecule has 12 aromatic rings. The molecule has 0 atom stereocenters. The Hall–Kier alpha value is -9.20. The summed E-state index contributed by atoms with van der Waals surface area (Å²) in [5.41, 5.74) is 27.9. The van der Waals surface area contributed by atoms with Gasteiger partial charge in [0.05, 0.1) is 5.41 Å². The molecule has 0 fully saturated rings. The van der Waals surface area contributed by atoms with E-state index >= 15 is 0 Å². The minimum absolute atomic E-state index is 0.995. The zero-order valence-electron chi connectivity index (χ0n) is 50.4. The molecule has 4 nitrogen and oxygen atoms in total. The number of benzene rings is 12. The molecule has 87 heavy (non-hydrogen) atoms. The van der Waals surface area contributed by atoms with Gasteiger partial charge in [-0.05, 0) is 291 Å². The summed E-state index contributed by atoms with van der Waals surface area (Å²) in [4.78, 5) is 9.83. The summed E-state index contributed by atoms with van der Waals surface area (Å²) in [6, 6.07) is 100.0. The van der Waals surface area contributed by atoms with Gasteiger partial charge in [0, 0.05) is 77.2 Å². The molecular formula is C81H68Br2N4. The summed E-state index contributed by atoms with van der Waals surface area (Å²) in [5.74, 6) is 0. The Morgan fingerprint density at radius 1 is 0.218 bits per heavy atom. The van der Waals surface area contributed by atoms with Crippen LogP contribution in [0.2, 0.25) is 0 Å². The third-order valence-corrected chi connectivity index (χ3v) is 17.8. The van der Waals surface area contributed by atoms with Gasteiger partial charge in [-0.2, -0.15) is 0 Å². The molecule has 0 aliphatic heterocycles. The minimum atomic E-state index is -1.00. The lowest BCUT2D eigenvalue weighted by atomic mass is 9.67. The summed E-state index contributed by atoms with van der Waals surface area (Å²) in [6.07, 6.45) is 0. The molecular weight excluding hydrogens is 1190 g/mol. The van der Waals surface area contributed by atoms with Gasteiger partial charge < -0.3 is 19.6 Å². The largest absolute Gasteiger partial charge is 0.310 e. The second-order valence-corrected chi connectivity index (χ2v) is 25.5. The standard InChI is InChI=1S/C81H68Br2N4/c1-53-17-9-25-65(37-53)84(66-26-10-18-54(2)38-66)73-45-61(46-74(51-73)85(67-27-11-19-55(3)39-67)68-28-12-20-56(4)40-68)81(79-49-63(82)33-35-77(79)78-36-34-64(83)50-80(78)81)62-47-75(86(69-29-13-21-57(5)41-69)70-30-14-22-58(6)42-70)52-76(48-62)87(71-31-15-23-59(7)43-71)72-32-16-24-60(8)44-72/h9-52H,1-8H3. The number of rotatable bonds is 14. The molecule has 1 aliphatic rings. The van der Waals surface area contributed by atoms with Crippen molar-refractivity contribution in [2.75, 3.05) is 19.6 Å². The monoisotopic (exact) mass is 1250 g/mol. The fourth-order valence-electron chi connectivity index (χ4n) is 13.1. The van der Waals surface area contributed by atoms with Crippen LogP contribution in [-0.4, -0.2) is 0 Å². The number of anilines is 12. The molecule has 13 rings (SSSR count). The smallest absolute Gasteiger partial charge is 0.0717 e. The summed E-state index contributed by atoms with van der Waals surface area (Å²) < 4.78 is 1.99. The van der Waals surface area contributed by atoms with Crippen LogP contribution in [0.3, 0.4) is 0 Å². The molecule has 0 saturated heterocycles. The quantitative estimate of drug-likeness (QED) is 0.108. The van der Waals surface area contributed by atoms with E-state index in [0.717, 1.165) is 88.3 Å². The van der Waals surface area contributed by atoms with Crippen LogP contribution in [0.25, 0.3) is 11.1 Å². The molecule has 426 valence electrons. The van der Waals surface area contributed by atoms with E-state index in [1.165, 1.54) is 66.8 Å². The lowest BCUT2D eigenvalue weighted by Gasteiger charge is -2.39. The van der Waals surface area contributed by atoms with Crippen molar-refractivity contribution in [3.05, 3.63) is 343 Å². The van der Waals surface area contributed by atoms with Crippen molar-refractivity contribution in [3.8, 4) is 11.1 Å². The molecule has 0 unspecified atom stereocenters. The maximum Gasteiger partial charge on any atom is 0.0717 e. The molecule has 0 N–H and O–H groups in total. The van der Waals surface area contributed by atoms with E-state index in [0.29, 0.717) is 0 Å². The van der Waals surface area contributed by atoms with E-state index < -0.39 is 5.41 Å². The fourth-order valence-corrected chi connectivity index (χ4v) is 13.8. The van der Waals surface area contributed by atoms with E-state index in [1.54, 1.807) is 0 Å². The molecule has 0 aromatic heterocycles. The van der Waals surface area contributed by atoms with Crippen LogP contribution < -0.4 is 19.6 Å². The first-order chi connectivity index (χ1) is 42.2. The highest BCUT2D eigenvalue weighted by Crippen LogP contribution is 2.60. The zero-order valence-corrected chi connectivity index (χ0v) is 53.6. The second-order valence-electron chi connectivity index (χ2n) is 23.7. The Bertz CT molecular complexity index is 3900. The van der Waals surface area contributed by atoms with Crippen LogP contribution in [0.1, 0.15) is 66.8 Å². The number of halogens is 2. The SMILES string of the molecule is Cc1cccc(N(c2cccc(C)c2)c2cc(N(c3cccc(C)c3)c3cccc(C)c3)cc(C3(c4cc(N(c5cccc(C)c5)c5cccc(C)c5)cc(N(c5cccc(C)c5)c5cccc(C)c5)c4)c4cc(Br)ccc4-c4ccc(Br)cc43)c2)c1. The third-order valence-electron chi connectivity index (χ3n) is 16.8. The lowest BCUT2D eigenvalue weighted by molar-refractivity contribution is 0.767. The minimum Gasteiger partial charge on any atom is -0.310 e. The van der Waals surface area contributed by atoms with E-state index in [4.69, 9.17) is 0 Å². The predicted molar refractivity (Wildman–Crippen MR) is 376 cm³/mol. The van der Waals surface area contributed by atoms with Crippen molar-refractivity contribution in [1.82, 2.24) is 0 Å². The molecule has 0 spiro atoms. The Labute approximate surface area is 530 Å². The molecule has 1 aliphatic carbocycles. The van der Waals surface area contributed by atoms with Crippen LogP contribution in [0.15, 0.2) is 276 Å². The van der Waals surface area contributed by atoms with Gasteiger partial charge in [-0.3, -0.25) is 0 Å². The van der Waals surface area contributed by atoms with Crippen molar-refractivity contribution < 1.29 is 0 Å². The topological polar surface area (TPSA) is 13.0 Å². The zero-order chi connectivity index (χ0) is 60.1. The average Bonchev–Trinajstić information content (AvgIpc) is 1.59. The number of aryl methyl sites for hydroxylation is 8. The van der Waals surface area contributed by atoms with Gasteiger partial charge in [0.15, 0.2) is 0 Å². The molecule has 0 bridgehead atoms. The number of fused-ring (bicyclic) bond motifs is 3.